The predicted octanol–water partition coefficient (Wildman–Crippen LogP) is 3.01. The Labute approximate surface area is 145 Å². The molecule has 3 N–H and O–H groups in total. The molecule has 2 aromatic carbocycles. The maximum atomic E-state index is 12.6. The van der Waals surface area contributed by atoms with E-state index in [1.54, 1.807) is 30.5 Å². The Morgan fingerprint density at radius 3 is 2.76 bits per heavy atom. The topological polar surface area (TPSA) is 89.6 Å². The van der Waals surface area contributed by atoms with Crippen molar-refractivity contribution in [2.45, 2.75) is 6.92 Å². The number of hydrogen-bond donors (Lipinski definition) is 2. The lowest BCUT2D eigenvalue weighted by Gasteiger charge is -2.09. The van der Waals surface area contributed by atoms with Gasteiger partial charge in [-0.05, 0) is 43.3 Å². The summed E-state index contributed by atoms with van der Waals surface area (Å²) in [4.78, 5) is 21.0. The number of aliphatic imine (C=N–C) groups is 1. The summed E-state index contributed by atoms with van der Waals surface area (Å²) in [5, 5.41) is 3.30. The van der Waals surface area contributed by atoms with Crippen molar-refractivity contribution >= 4 is 28.5 Å². The van der Waals surface area contributed by atoms with Gasteiger partial charge in [0.25, 0.3) is 5.91 Å². The Hall–Kier alpha value is -3.41. The van der Waals surface area contributed by atoms with Crippen LogP contribution in [0.15, 0.2) is 65.8 Å². The fourth-order valence-corrected chi connectivity index (χ4v) is 2.43. The molecule has 25 heavy (non-hydrogen) atoms. The molecular weight excluding hydrogens is 316 g/mol. The number of amides is 1. The monoisotopic (exact) mass is 334 g/mol. The van der Waals surface area contributed by atoms with Crippen molar-refractivity contribution in [3.8, 4) is 5.75 Å². The molecule has 1 amide bonds. The molecule has 3 rings (SSSR count). The zero-order valence-electron chi connectivity index (χ0n) is 13.8. The van der Waals surface area contributed by atoms with Gasteiger partial charge in [-0.1, -0.05) is 18.2 Å². The third-order valence-electron chi connectivity index (χ3n) is 3.52. The van der Waals surface area contributed by atoms with Gasteiger partial charge >= 0.3 is 0 Å². The van der Waals surface area contributed by atoms with Crippen molar-refractivity contribution in [2.24, 2.45) is 10.7 Å². The van der Waals surface area contributed by atoms with Crippen LogP contribution in [0.25, 0.3) is 10.9 Å². The van der Waals surface area contributed by atoms with Crippen molar-refractivity contribution in [1.29, 1.82) is 0 Å². The summed E-state index contributed by atoms with van der Waals surface area (Å²) in [5.74, 6) is 0.364. The summed E-state index contributed by atoms with van der Waals surface area (Å²) >= 11 is 0. The number of hydrogen-bond acceptors (Lipinski definition) is 4. The second-order valence-electron chi connectivity index (χ2n) is 5.26. The van der Waals surface area contributed by atoms with E-state index in [0.29, 0.717) is 34.5 Å². The largest absolute Gasteiger partial charge is 0.494 e. The van der Waals surface area contributed by atoms with Crippen LogP contribution in [0.4, 0.5) is 5.69 Å². The molecule has 0 saturated heterocycles. The Kier molecular flexibility index (Phi) is 4.89. The number of para-hydroxylation sites is 1. The number of fused-ring (bicyclic) bond motifs is 1. The summed E-state index contributed by atoms with van der Waals surface area (Å²) < 4.78 is 5.50. The van der Waals surface area contributed by atoms with E-state index in [9.17, 15) is 4.79 Å². The fraction of sp³-hybridized carbons (Fsp3) is 0.105. The van der Waals surface area contributed by atoms with Crippen molar-refractivity contribution in [3.05, 3.63) is 66.4 Å². The molecule has 1 aromatic heterocycles. The molecule has 3 aromatic rings. The SMILES string of the molecule is CCOc1ccc2nccc(C(=O)NC(N)=Nc3ccccc3)c2c1. The highest BCUT2D eigenvalue weighted by Gasteiger charge is 2.12. The highest BCUT2D eigenvalue weighted by Crippen LogP contribution is 2.22. The minimum atomic E-state index is -0.349. The average molecular weight is 334 g/mol. The maximum absolute atomic E-state index is 12.6. The van der Waals surface area contributed by atoms with Gasteiger partial charge in [0.1, 0.15) is 5.75 Å². The van der Waals surface area contributed by atoms with Crippen LogP contribution in [0.5, 0.6) is 5.75 Å². The van der Waals surface area contributed by atoms with Gasteiger partial charge < -0.3 is 10.5 Å². The molecule has 0 atom stereocenters. The van der Waals surface area contributed by atoms with Crippen molar-refractivity contribution in [3.63, 3.8) is 0 Å². The van der Waals surface area contributed by atoms with Crippen LogP contribution >= 0.6 is 0 Å². The molecule has 1 heterocycles. The van der Waals surface area contributed by atoms with E-state index in [1.807, 2.05) is 37.3 Å². The molecular formula is C19H18N4O2. The van der Waals surface area contributed by atoms with Gasteiger partial charge in [0.2, 0.25) is 5.96 Å². The quantitative estimate of drug-likeness (QED) is 0.567. The summed E-state index contributed by atoms with van der Waals surface area (Å²) in [6.07, 6.45) is 1.59. The maximum Gasteiger partial charge on any atom is 0.258 e. The van der Waals surface area contributed by atoms with Gasteiger partial charge in [0.05, 0.1) is 23.4 Å². The Morgan fingerprint density at radius 2 is 2.00 bits per heavy atom. The van der Waals surface area contributed by atoms with E-state index in [0.717, 1.165) is 0 Å². The number of nitrogens with zero attached hydrogens (tertiary/aromatic N) is 2. The molecule has 6 heteroatoms. The lowest BCUT2D eigenvalue weighted by molar-refractivity contribution is 0.0978. The number of guanidine groups is 1. The molecule has 0 aliphatic rings. The third kappa shape index (κ3) is 3.92. The van der Waals surface area contributed by atoms with E-state index in [4.69, 9.17) is 10.5 Å². The summed E-state index contributed by atoms with van der Waals surface area (Å²) in [5.41, 5.74) is 7.67. The lowest BCUT2D eigenvalue weighted by atomic mass is 10.1. The second-order valence-corrected chi connectivity index (χ2v) is 5.26. The van der Waals surface area contributed by atoms with Gasteiger partial charge in [-0.25, -0.2) is 4.99 Å². The van der Waals surface area contributed by atoms with Crippen LogP contribution in [0.2, 0.25) is 0 Å². The number of rotatable bonds is 4. The molecule has 0 bridgehead atoms. The molecule has 6 nitrogen and oxygen atoms in total. The van der Waals surface area contributed by atoms with Crippen LogP contribution in [0, 0.1) is 0 Å². The number of carbonyl (C=O) groups excluding carboxylic acids is 1. The minimum Gasteiger partial charge on any atom is -0.494 e. The standard InChI is InChI=1S/C19H18N4O2/c1-2-25-14-8-9-17-16(12-14)15(10-11-21-17)18(24)23-19(20)22-13-6-4-3-5-7-13/h3-12H,2H2,1H3,(H3,20,22,23,24). The molecule has 126 valence electrons. The Morgan fingerprint density at radius 1 is 1.20 bits per heavy atom. The minimum absolute atomic E-state index is 0.0297. The molecule has 0 spiro atoms. The number of aromatic nitrogens is 1. The van der Waals surface area contributed by atoms with Gasteiger partial charge in [0, 0.05) is 11.6 Å². The number of nitrogens with two attached hydrogens (primary N) is 1. The zero-order valence-corrected chi connectivity index (χ0v) is 13.8. The Balaban J connectivity index is 1.89. The van der Waals surface area contributed by atoms with Crippen LogP contribution in [-0.4, -0.2) is 23.5 Å². The van der Waals surface area contributed by atoms with Crippen molar-refractivity contribution < 1.29 is 9.53 Å². The molecule has 0 aliphatic heterocycles. The third-order valence-corrected chi connectivity index (χ3v) is 3.52. The normalized spacial score (nSPS) is 11.3. The number of ether oxygens (including phenoxy) is 1. The van der Waals surface area contributed by atoms with Gasteiger partial charge in [-0.2, -0.15) is 0 Å². The molecule has 0 unspecified atom stereocenters. The van der Waals surface area contributed by atoms with Gasteiger partial charge in [-0.15, -0.1) is 0 Å². The van der Waals surface area contributed by atoms with Crippen molar-refractivity contribution in [2.75, 3.05) is 6.61 Å². The van der Waals surface area contributed by atoms with Crippen LogP contribution in [0.1, 0.15) is 17.3 Å². The van der Waals surface area contributed by atoms with E-state index in [2.05, 4.69) is 15.3 Å². The fourth-order valence-electron chi connectivity index (χ4n) is 2.43. The number of carbonyl (C=O) groups is 1. The summed E-state index contributed by atoms with van der Waals surface area (Å²) in [6.45, 7) is 2.45. The first-order chi connectivity index (χ1) is 12.2. The highest BCUT2D eigenvalue weighted by atomic mass is 16.5. The number of nitrogens with one attached hydrogen (secondary N) is 1. The van der Waals surface area contributed by atoms with E-state index >= 15 is 0 Å². The summed E-state index contributed by atoms with van der Waals surface area (Å²) in [6, 6.07) is 16.3. The molecule has 0 saturated carbocycles. The van der Waals surface area contributed by atoms with E-state index < -0.39 is 0 Å². The predicted molar refractivity (Wildman–Crippen MR) is 98.1 cm³/mol. The molecule has 0 radical (unpaired) electrons. The van der Waals surface area contributed by atoms with E-state index in [1.165, 1.54) is 0 Å². The van der Waals surface area contributed by atoms with Crippen LogP contribution in [0.3, 0.4) is 0 Å². The first kappa shape index (κ1) is 16.4. The number of benzene rings is 2. The second kappa shape index (κ2) is 7.44. The first-order valence-electron chi connectivity index (χ1n) is 7.89. The van der Waals surface area contributed by atoms with Crippen molar-refractivity contribution in [1.82, 2.24) is 10.3 Å². The highest BCUT2D eigenvalue weighted by molar-refractivity contribution is 6.12. The average Bonchev–Trinajstić information content (AvgIpc) is 2.62. The first-order valence-corrected chi connectivity index (χ1v) is 7.89. The van der Waals surface area contributed by atoms with Gasteiger partial charge in [-0.3, -0.25) is 15.1 Å². The van der Waals surface area contributed by atoms with Crippen LogP contribution in [-0.2, 0) is 0 Å². The van der Waals surface area contributed by atoms with Gasteiger partial charge in [0.15, 0.2) is 0 Å². The van der Waals surface area contributed by atoms with E-state index in [-0.39, 0.29) is 11.9 Å². The molecule has 0 aliphatic carbocycles. The zero-order chi connectivity index (χ0) is 17.6. The Bertz CT molecular complexity index is 923. The smallest absolute Gasteiger partial charge is 0.258 e. The lowest BCUT2D eigenvalue weighted by Crippen LogP contribution is -2.36. The number of pyridine rings is 1. The molecule has 0 fully saturated rings. The van der Waals surface area contributed by atoms with Crippen LogP contribution < -0.4 is 15.8 Å². The summed E-state index contributed by atoms with van der Waals surface area (Å²) in [7, 11) is 0.